The van der Waals surface area contributed by atoms with Gasteiger partial charge in [-0.25, -0.2) is 4.79 Å². The van der Waals surface area contributed by atoms with E-state index in [0.717, 1.165) is 31.8 Å². The molecule has 1 saturated heterocycles. The van der Waals surface area contributed by atoms with Crippen molar-refractivity contribution in [2.24, 2.45) is 5.92 Å². The van der Waals surface area contributed by atoms with Crippen LogP contribution in [0.3, 0.4) is 0 Å². The van der Waals surface area contributed by atoms with Gasteiger partial charge in [-0.2, -0.15) is 0 Å². The first-order valence-electron chi connectivity index (χ1n) is 8.32. The van der Waals surface area contributed by atoms with Crippen molar-refractivity contribution in [1.82, 2.24) is 15.1 Å². The van der Waals surface area contributed by atoms with E-state index in [4.69, 9.17) is 4.74 Å². The van der Waals surface area contributed by atoms with Crippen LogP contribution in [0.25, 0.3) is 0 Å². The lowest BCUT2D eigenvalue weighted by molar-refractivity contribution is 0.202. The average molecular weight is 319 g/mol. The van der Waals surface area contributed by atoms with Gasteiger partial charge < -0.3 is 19.9 Å². The van der Waals surface area contributed by atoms with Crippen LogP contribution < -0.4 is 10.1 Å². The molecular formula is C18H29N3O2. The molecule has 5 heteroatoms. The number of urea groups is 1. The summed E-state index contributed by atoms with van der Waals surface area (Å²) in [5.74, 6) is 1.45. The Morgan fingerprint density at radius 3 is 2.65 bits per heavy atom. The summed E-state index contributed by atoms with van der Waals surface area (Å²) in [6.07, 6.45) is 1.09. The van der Waals surface area contributed by atoms with E-state index in [2.05, 4.69) is 44.2 Å². The smallest absolute Gasteiger partial charge is 0.317 e. The van der Waals surface area contributed by atoms with Crippen molar-refractivity contribution < 1.29 is 9.53 Å². The third-order valence-corrected chi connectivity index (χ3v) is 4.04. The van der Waals surface area contributed by atoms with E-state index in [-0.39, 0.29) is 6.03 Å². The number of benzene rings is 1. The molecule has 5 nitrogen and oxygen atoms in total. The van der Waals surface area contributed by atoms with Crippen LogP contribution in [0.1, 0.15) is 17.5 Å². The normalized spacial score (nSPS) is 17.6. The van der Waals surface area contributed by atoms with Gasteiger partial charge in [0, 0.05) is 19.6 Å². The Kier molecular flexibility index (Phi) is 6.28. The number of hydrogen-bond acceptors (Lipinski definition) is 3. The van der Waals surface area contributed by atoms with Gasteiger partial charge in [-0.1, -0.05) is 6.07 Å². The second kappa shape index (κ2) is 8.20. The molecule has 0 aliphatic carbocycles. The highest BCUT2D eigenvalue weighted by Gasteiger charge is 2.26. The van der Waals surface area contributed by atoms with Gasteiger partial charge in [0.15, 0.2) is 0 Å². The lowest BCUT2D eigenvalue weighted by Crippen LogP contribution is -2.40. The van der Waals surface area contributed by atoms with Crippen LogP contribution >= 0.6 is 0 Å². The topological polar surface area (TPSA) is 44.8 Å². The third kappa shape index (κ3) is 5.75. The largest absolute Gasteiger partial charge is 0.492 e. The number of amides is 2. The van der Waals surface area contributed by atoms with Gasteiger partial charge in [0.2, 0.25) is 0 Å². The van der Waals surface area contributed by atoms with E-state index in [1.807, 2.05) is 17.0 Å². The summed E-state index contributed by atoms with van der Waals surface area (Å²) in [6, 6.07) is 6.17. The van der Waals surface area contributed by atoms with Crippen LogP contribution in [0.5, 0.6) is 5.75 Å². The molecule has 128 valence electrons. The fourth-order valence-electron chi connectivity index (χ4n) is 3.14. The highest BCUT2D eigenvalue weighted by Crippen LogP contribution is 2.17. The predicted octanol–water partition coefficient (Wildman–Crippen LogP) is 2.28. The second-order valence-electron chi connectivity index (χ2n) is 6.77. The first kappa shape index (κ1) is 17.6. The Morgan fingerprint density at radius 2 is 2.00 bits per heavy atom. The summed E-state index contributed by atoms with van der Waals surface area (Å²) < 4.78 is 5.71. The van der Waals surface area contributed by atoms with Gasteiger partial charge in [0.05, 0.1) is 6.54 Å². The fraction of sp³-hybridized carbons (Fsp3) is 0.611. The summed E-state index contributed by atoms with van der Waals surface area (Å²) in [7, 11) is 4.15. The van der Waals surface area contributed by atoms with Gasteiger partial charge in [-0.3, -0.25) is 0 Å². The molecule has 1 atom stereocenters. The first-order chi connectivity index (χ1) is 10.9. The zero-order chi connectivity index (χ0) is 16.8. The van der Waals surface area contributed by atoms with Crippen LogP contribution in [-0.2, 0) is 0 Å². The van der Waals surface area contributed by atoms with Crippen molar-refractivity contribution in [2.45, 2.75) is 20.3 Å². The van der Waals surface area contributed by atoms with Crippen molar-refractivity contribution >= 4 is 6.03 Å². The number of nitrogens with one attached hydrogen (secondary N) is 1. The number of carbonyl (C=O) groups excluding carboxylic acids is 1. The average Bonchev–Trinajstić information content (AvgIpc) is 2.90. The Morgan fingerprint density at radius 1 is 1.30 bits per heavy atom. The van der Waals surface area contributed by atoms with E-state index in [1.165, 1.54) is 11.1 Å². The molecule has 0 radical (unpaired) electrons. The van der Waals surface area contributed by atoms with Gasteiger partial charge in [0.1, 0.15) is 12.4 Å². The molecule has 0 bridgehead atoms. The van der Waals surface area contributed by atoms with Crippen LogP contribution in [0.2, 0.25) is 0 Å². The molecule has 2 amide bonds. The lowest BCUT2D eigenvalue weighted by Gasteiger charge is -2.19. The van der Waals surface area contributed by atoms with Crippen molar-refractivity contribution in [3.63, 3.8) is 0 Å². The summed E-state index contributed by atoms with van der Waals surface area (Å²) >= 11 is 0. The van der Waals surface area contributed by atoms with Crippen LogP contribution in [0.15, 0.2) is 18.2 Å². The van der Waals surface area contributed by atoms with Crippen molar-refractivity contribution in [2.75, 3.05) is 46.9 Å². The molecule has 1 aliphatic heterocycles. The number of likely N-dealkylation sites (tertiary alicyclic amines) is 1. The first-order valence-corrected chi connectivity index (χ1v) is 8.32. The summed E-state index contributed by atoms with van der Waals surface area (Å²) in [5, 5.41) is 2.95. The molecule has 1 fully saturated rings. The third-order valence-electron chi connectivity index (χ3n) is 4.04. The summed E-state index contributed by atoms with van der Waals surface area (Å²) in [6.45, 7) is 7.87. The van der Waals surface area contributed by atoms with Gasteiger partial charge in [-0.15, -0.1) is 0 Å². The van der Waals surface area contributed by atoms with Gasteiger partial charge >= 0.3 is 6.03 Å². The number of hydrogen-bond donors (Lipinski definition) is 1. The molecule has 0 unspecified atom stereocenters. The van der Waals surface area contributed by atoms with Crippen LogP contribution in [-0.4, -0.2) is 62.7 Å². The Labute approximate surface area is 139 Å². The van der Waals surface area contributed by atoms with Gasteiger partial charge in [0.25, 0.3) is 0 Å². The number of aryl methyl sites for hydroxylation is 2. The summed E-state index contributed by atoms with van der Waals surface area (Å²) in [4.78, 5) is 16.2. The van der Waals surface area contributed by atoms with Crippen LogP contribution in [0, 0.1) is 19.8 Å². The molecule has 1 aromatic rings. The minimum atomic E-state index is 0.0234. The van der Waals surface area contributed by atoms with E-state index >= 15 is 0 Å². The summed E-state index contributed by atoms with van der Waals surface area (Å²) in [5.41, 5.74) is 2.38. The second-order valence-corrected chi connectivity index (χ2v) is 6.77. The Balaban J connectivity index is 1.67. The van der Waals surface area contributed by atoms with E-state index in [0.29, 0.717) is 19.1 Å². The van der Waals surface area contributed by atoms with E-state index < -0.39 is 0 Å². The Bertz CT molecular complexity index is 511. The molecule has 1 N–H and O–H groups in total. The molecule has 1 aliphatic rings. The quantitative estimate of drug-likeness (QED) is 0.818. The molecular weight excluding hydrogens is 290 g/mol. The molecule has 0 aromatic heterocycles. The molecule has 1 aromatic carbocycles. The maximum atomic E-state index is 12.1. The zero-order valence-corrected chi connectivity index (χ0v) is 14.8. The fourth-order valence-corrected chi connectivity index (χ4v) is 3.14. The van der Waals surface area contributed by atoms with E-state index in [1.54, 1.807) is 0 Å². The number of rotatable bonds is 6. The molecule has 23 heavy (non-hydrogen) atoms. The van der Waals surface area contributed by atoms with Crippen molar-refractivity contribution in [3.8, 4) is 5.75 Å². The standard InChI is InChI=1S/C18H29N3O2/c1-14-9-15(2)11-17(10-14)23-8-6-19-18(22)21-7-5-16(13-21)12-20(3)4/h9-11,16H,5-8,12-13H2,1-4H3,(H,19,22)/t16-/m0/s1. The number of nitrogens with zero attached hydrogens (tertiary/aromatic N) is 2. The molecule has 0 spiro atoms. The maximum absolute atomic E-state index is 12.1. The predicted molar refractivity (Wildman–Crippen MR) is 93.0 cm³/mol. The van der Waals surface area contributed by atoms with Crippen LogP contribution in [0.4, 0.5) is 4.79 Å². The molecule has 2 rings (SSSR count). The highest BCUT2D eigenvalue weighted by atomic mass is 16.5. The maximum Gasteiger partial charge on any atom is 0.317 e. The molecule has 0 saturated carbocycles. The molecule has 1 heterocycles. The van der Waals surface area contributed by atoms with Crippen molar-refractivity contribution in [1.29, 1.82) is 0 Å². The minimum Gasteiger partial charge on any atom is -0.492 e. The van der Waals surface area contributed by atoms with E-state index in [9.17, 15) is 4.79 Å². The Hall–Kier alpha value is -1.75. The number of carbonyl (C=O) groups is 1. The van der Waals surface area contributed by atoms with Gasteiger partial charge in [-0.05, 0) is 63.5 Å². The highest BCUT2D eigenvalue weighted by molar-refractivity contribution is 5.74. The monoisotopic (exact) mass is 319 g/mol. The number of ether oxygens (including phenoxy) is 1. The zero-order valence-electron chi connectivity index (χ0n) is 14.8. The SMILES string of the molecule is Cc1cc(C)cc(OCCNC(=O)N2CC[C@@H](CN(C)C)C2)c1. The lowest BCUT2D eigenvalue weighted by atomic mass is 10.1. The van der Waals surface area contributed by atoms with Crippen molar-refractivity contribution in [3.05, 3.63) is 29.3 Å². The minimum absolute atomic E-state index is 0.0234.